The van der Waals surface area contributed by atoms with Gasteiger partial charge < -0.3 is 0 Å². The largest absolute Gasteiger partial charge is 0.295 e. The van der Waals surface area contributed by atoms with Gasteiger partial charge in [-0.25, -0.2) is 0 Å². The molecule has 1 aliphatic carbocycles. The maximum absolute atomic E-state index is 9.27. The molecule has 0 aromatic heterocycles. The molecule has 0 spiro atoms. The minimum absolute atomic E-state index is 0.185. The van der Waals surface area contributed by atoms with Gasteiger partial charge in [0.05, 0.1) is 6.07 Å². The SMILES string of the molecule is Cc1ccc(C(C#N)NC2CCCC2)cc1Br. The van der Waals surface area contributed by atoms with Crippen LogP contribution in [0.1, 0.15) is 42.9 Å². The van der Waals surface area contributed by atoms with E-state index in [4.69, 9.17) is 0 Å². The van der Waals surface area contributed by atoms with Crippen molar-refractivity contribution < 1.29 is 0 Å². The van der Waals surface area contributed by atoms with Gasteiger partial charge >= 0.3 is 0 Å². The molecule has 1 N–H and O–H groups in total. The summed E-state index contributed by atoms with van der Waals surface area (Å²) >= 11 is 3.52. The highest BCUT2D eigenvalue weighted by Gasteiger charge is 2.20. The van der Waals surface area contributed by atoms with Crippen molar-refractivity contribution in [1.29, 1.82) is 5.26 Å². The van der Waals surface area contributed by atoms with E-state index < -0.39 is 0 Å². The molecule has 0 aliphatic heterocycles. The van der Waals surface area contributed by atoms with Crippen LogP contribution < -0.4 is 5.32 Å². The number of nitrogens with zero attached hydrogens (tertiary/aromatic N) is 1. The van der Waals surface area contributed by atoms with Crippen molar-refractivity contribution in [3.63, 3.8) is 0 Å². The van der Waals surface area contributed by atoms with Crippen molar-refractivity contribution in [3.05, 3.63) is 33.8 Å². The predicted molar refractivity (Wildman–Crippen MR) is 72.6 cm³/mol. The molecular formula is C14H17BrN2. The Morgan fingerprint density at radius 1 is 1.41 bits per heavy atom. The van der Waals surface area contributed by atoms with E-state index in [0.717, 1.165) is 10.0 Å². The highest BCUT2D eigenvalue weighted by molar-refractivity contribution is 9.10. The quantitative estimate of drug-likeness (QED) is 0.918. The van der Waals surface area contributed by atoms with Crippen LogP contribution in [0.25, 0.3) is 0 Å². The zero-order valence-electron chi connectivity index (χ0n) is 10.0. The fourth-order valence-corrected chi connectivity index (χ4v) is 2.72. The fourth-order valence-electron chi connectivity index (χ4n) is 2.32. The molecule has 2 nitrogen and oxygen atoms in total. The molecule has 90 valence electrons. The summed E-state index contributed by atoms with van der Waals surface area (Å²) in [5.41, 5.74) is 2.25. The third-order valence-corrected chi connectivity index (χ3v) is 4.27. The highest BCUT2D eigenvalue weighted by Crippen LogP contribution is 2.25. The molecule has 1 aliphatic rings. The van der Waals surface area contributed by atoms with Gasteiger partial charge in [-0.05, 0) is 37.0 Å². The Morgan fingerprint density at radius 3 is 2.71 bits per heavy atom. The molecule has 1 aromatic rings. The van der Waals surface area contributed by atoms with E-state index in [1.54, 1.807) is 0 Å². The molecular weight excluding hydrogens is 276 g/mol. The van der Waals surface area contributed by atoms with Crippen molar-refractivity contribution in [2.24, 2.45) is 0 Å². The van der Waals surface area contributed by atoms with Crippen LogP contribution in [-0.4, -0.2) is 6.04 Å². The van der Waals surface area contributed by atoms with Crippen molar-refractivity contribution in [3.8, 4) is 6.07 Å². The second-order valence-corrected chi connectivity index (χ2v) is 5.57. The number of hydrogen-bond donors (Lipinski definition) is 1. The van der Waals surface area contributed by atoms with Crippen LogP contribution >= 0.6 is 15.9 Å². The number of rotatable bonds is 3. The van der Waals surface area contributed by atoms with Crippen molar-refractivity contribution in [1.82, 2.24) is 5.32 Å². The minimum Gasteiger partial charge on any atom is -0.295 e. The lowest BCUT2D eigenvalue weighted by Crippen LogP contribution is -2.29. The van der Waals surface area contributed by atoms with Crippen molar-refractivity contribution >= 4 is 15.9 Å². The van der Waals surface area contributed by atoms with E-state index in [1.165, 1.54) is 31.2 Å². The number of benzene rings is 1. The van der Waals surface area contributed by atoms with Gasteiger partial charge in [0.1, 0.15) is 6.04 Å². The monoisotopic (exact) mass is 292 g/mol. The summed E-state index contributed by atoms with van der Waals surface area (Å²) in [5, 5.41) is 12.7. The Kier molecular flexibility index (Phi) is 4.20. The lowest BCUT2D eigenvalue weighted by Gasteiger charge is -2.18. The molecule has 1 fully saturated rings. The topological polar surface area (TPSA) is 35.8 Å². The molecule has 0 saturated heterocycles. The average Bonchev–Trinajstić information content (AvgIpc) is 2.82. The Bertz CT molecular complexity index is 430. The third-order valence-electron chi connectivity index (χ3n) is 3.42. The molecule has 2 rings (SSSR count). The van der Waals surface area contributed by atoms with Crippen molar-refractivity contribution in [2.45, 2.75) is 44.7 Å². The summed E-state index contributed by atoms with van der Waals surface area (Å²) in [6, 6.07) is 8.83. The molecule has 17 heavy (non-hydrogen) atoms. The van der Waals surface area contributed by atoms with Crippen LogP contribution in [0, 0.1) is 18.3 Å². The van der Waals surface area contributed by atoms with Gasteiger partial charge in [0.2, 0.25) is 0 Å². The zero-order valence-corrected chi connectivity index (χ0v) is 11.6. The van der Waals surface area contributed by atoms with Gasteiger partial charge in [-0.15, -0.1) is 0 Å². The molecule has 0 radical (unpaired) electrons. The maximum Gasteiger partial charge on any atom is 0.121 e. The van der Waals surface area contributed by atoms with Crippen LogP contribution in [0.4, 0.5) is 0 Å². The molecule has 0 heterocycles. The first-order valence-corrected chi connectivity index (χ1v) is 6.91. The summed E-state index contributed by atoms with van der Waals surface area (Å²) in [6.07, 6.45) is 4.97. The molecule has 1 saturated carbocycles. The van der Waals surface area contributed by atoms with Crippen LogP contribution in [-0.2, 0) is 0 Å². The fraction of sp³-hybridized carbons (Fsp3) is 0.500. The maximum atomic E-state index is 9.27. The van der Waals surface area contributed by atoms with Crippen molar-refractivity contribution in [2.75, 3.05) is 0 Å². The summed E-state index contributed by atoms with van der Waals surface area (Å²) in [4.78, 5) is 0. The van der Waals surface area contributed by atoms with Gasteiger partial charge in [-0.1, -0.05) is 40.9 Å². The van der Waals surface area contributed by atoms with E-state index in [9.17, 15) is 5.26 Å². The molecule has 1 atom stereocenters. The van der Waals surface area contributed by atoms with Gasteiger partial charge in [0.25, 0.3) is 0 Å². The Labute approximate surface area is 111 Å². The lowest BCUT2D eigenvalue weighted by atomic mass is 10.0. The minimum atomic E-state index is -0.185. The molecule has 0 bridgehead atoms. The van der Waals surface area contributed by atoms with E-state index in [2.05, 4.69) is 40.3 Å². The Hall–Kier alpha value is -0.850. The predicted octanol–water partition coefficient (Wildman–Crippen LogP) is 3.85. The van der Waals surface area contributed by atoms with Crippen LogP contribution in [0.2, 0.25) is 0 Å². The number of nitrogens with one attached hydrogen (secondary N) is 1. The van der Waals surface area contributed by atoms with Crippen LogP contribution in [0.3, 0.4) is 0 Å². The number of aryl methyl sites for hydroxylation is 1. The first kappa shape index (κ1) is 12.6. The van der Waals surface area contributed by atoms with E-state index >= 15 is 0 Å². The standard InChI is InChI=1S/C14H17BrN2/c1-10-6-7-11(8-13(10)15)14(9-16)17-12-4-2-3-5-12/h6-8,12,14,17H,2-5H2,1H3. The Morgan fingerprint density at radius 2 is 2.12 bits per heavy atom. The second kappa shape index (κ2) is 5.66. The summed E-state index contributed by atoms with van der Waals surface area (Å²) in [7, 11) is 0. The average molecular weight is 293 g/mol. The lowest BCUT2D eigenvalue weighted by molar-refractivity contribution is 0.492. The number of halogens is 1. The molecule has 1 aromatic carbocycles. The Balaban J connectivity index is 2.11. The zero-order chi connectivity index (χ0) is 12.3. The van der Waals surface area contributed by atoms with Gasteiger partial charge in [0, 0.05) is 10.5 Å². The molecule has 3 heteroatoms. The first-order valence-electron chi connectivity index (χ1n) is 6.12. The van der Waals surface area contributed by atoms with Gasteiger partial charge in [-0.2, -0.15) is 5.26 Å². The van der Waals surface area contributed by atoms with E-state index in [1.807, 2.05) is 12.1 Å². The van der Waals surface area contributed by atoms with E-state index in [-0.39, 0.29) is 6.04 Å². The molecule has 0 amide bonds. The third kappa shape index (κ3) is 3.08. The first-order chi connectivity index (χ1) is 8.20. The summed E-state index contributed by atoms with van der Waals surface area (Å²) in [6.45, 7) is 2.06. The normalized spacial score (nSPS) is 17.9. The smallest absolute Gasteiger partial charge is 0.121 e. The van der Waals surface area contributed by atoms with Gasteiger partial charge in [0.15, 0.2) is 0 Å². The van der Waals surface area contributed by atoms with Crippen LogP contribution in [0.15, 0.2) is 22.7 Å². The van der Waals surface area contributed by atoms with Gasteiger partial charge in [-0.3, -0.25) is 5.32 Å². The summed E-state index contributed by atoms with van der Waals surface area (Å²) in [5.74, 6) is 0. The summed E-state index contributed by atoms with van der Waals surface area (Å²) < 4.78 is 1.07. The molecule has 1 unspecified atom stereocenters. The highest BCUT2D eigenvalue weighted by atomic mass is 79.9. The van der Waals surface area contributed by atoms with Crippen LogP contribution in [0.5, 0.6) is 0 Å². The number of nitriles is 1. The second-order valence-electron chi connectivity index (χ2n) is 4.72. The number of hydrogen-bond acceptors (Lipinski definition) is 2. The van der Waals surface area contributed by atoms with E-state index in [0.29, 0.717) is 6.04 Å².